The summed E-state index contributed by atoms with van der Waals surface area (Å²) in [6.45, 7) is 4.69. The molecule has 1 amide bonds. The molecule has 1 aliphatic rings. The first-order valence-electron chi connectivity index (χ1n) is 7.42. The molecule has 1 aromatic rings. The fraction of sp³-hybridized carbons (Fsp3) is 0.733. The summed E-state index contributed by atoms with van der Waals surface area (Å²) in [7, 11) is 1.75. The van der Waals surface area contributed by atoms with Gasteiger partial charge in [-0.05, 0) is 51.5 Å². The predicted molar refractivity (Wildman–Crippen MR) is 77.5 cm³/mol. The molecule has 2 N–H and O–H groups in total. The standard InChI is InChI=1S/C15H25N3O2/c1-10-14(11(2)18-17-10)8-9-16-15(19)12-4-6-13(20-3)7-5-12/h12-13H,4-9H2,1-3H3,(H,16,19)(H,17,18). The summed E-state index contributed by atoms with van der Waals surface area (Å²) in [5, 5.41) is 10.2. The van der Waals surface area contributed by atoms with E-state index in [0.29, 0.717) is 12.6 Å². The number of amides is 1. The fourth-order valence-electron chi connectivity index (χ4n) is 2.96. The van der Waals surface area contributed by atoms with Gasteiger partial charge in [-0.2, -0.15) is 5.10 Å². The summed E-state index contributed by atoms with van der Waals surface area (Å²) in [5.74, 6) is 0.353. The lowest BCUT2D eigenvalue weighted by Gasteiger charge is -2.26. The predicted octanol–water partition coefficient (Wildman–Crippen LogP) is 1.89. The minimum absolute atomic E-state index is 0.160. The number of aromatic amines is 1. The van der Waals surface area contributed by atoms with Gasteiger partial charge in [-0.1, -0.05) is 0 Å². The maximum Gasteiger partial charge on any atom is 0.223 e. The molecule has 1 aliphatic carbocycles. The Morgan fingerprint density at radius 3 is 2.60 bits per heavy atom. The van der Waals surface area contributed by atoms with Gasteiger partial charge in [0.1, 0.15) is 0 Å². The van der Waals surface area contributed by atoms with Crippen LogP contribution >= 0.6 is 0 Å². The SMILES string of the molecule is COC1CCC(C(=O)NCCc2c(C)n[nH]c2C)CC1. The van der Waals surface area contributed by atoms with Gasteiger partial charge < -0.3 is 10.1 Å². The minimum Gasteiger partial charge on any atom is -0.381 e. The second kappa shape index (κ2) is 6.88. The van der Waals surface area contributed by atoms with Crippen LogP contribution in [0.3, 0.4) is 0 Å². The van der Waals surface area contributed by atoms with Crippen LogP contribution in [0.15, 0.2) is 0 Å². The second-order valence-electron chi connectivity index (χ2n) is 5.66. The Balaban J connectivity index is 1.73. The van der Waals surface area contributed by atoms with Crippen LogP contribution in [-0.2, 0) is 16.0 Å². The number of rotatable bonds is 5. The number of carbonyl (C=O) groups excluding carboxylic acids is 1. The van der Waals surface area contributed by atoms with E-state index in [4.69, 9.17) is 4.74 Å². The van der Waals surface area contributed by atoms with Crippen LogP contribution in [0.25, 0.3) is 0 Å². The molecule has 1 saturated carbocycles. The topological polar surface area (TPSA) is 67.0 Å². The molecule has 0 aliphatic heterocycles. The number of aryl methyl sites for hydroxylation is 2. The van der Waals surface area contributed by atoms with E-state index in [1.807, 2.05) is 13.8 Å². The zero-order valence-electron chi connectivity index (χ0n) is 12.7. The Bertz CT molecular complexity index is 428. The number of hydrogen-bond donors (Lipinski definition) is 2. The van der Waals surface area contributed by atoms with Gasteiger partial charge in [0.15, 0.2) is 0 Å². The number of H-pyrrole nitrogens is 1. The third-order valence-corrected chi connectivity index (χ3v) is 4.33. The van der Waals surface area contributed by atoms with Crippen molar-refractivity contribution in [2.45, 2.75) is 52.1 Å². The molecular weight excluding hydrogens is 254 g/mol. The Hall–Kier alpha value is -1.36. The molecule has 1 heterocycles. The molecule has 0 saturated heterocycles. The number of aromatic nitrogens is 2. The van der Waals surface area contributed by atoms with Crippen molar-refractivity contribution < 1.29 is 9.53 Å². The quantitative estimate of drug-likeness (QED) is 0.865. The summed E-state index contributed by atoms with van der Waals surface area (Å²) in [6.07, 6.45) is 5.05. The number of nitrogens with zero attached hydrogens (tertiary/aromatic N) is 1. The number of hydrogen-bond acceptors (Lipinski definition) is 3. The summed E-state index contributed by atoms with van der Waals surface area (Å²) >= 11 is 0. The highest BCUT2D eigenvalue weighted by atomic mass is 16.5. The molecular formula is C15H25N3O2. The maximum atomic E-state index is 12.1. The highest BCUT2D eigenvalue weighted by Crippen LogP contribution is 2.25. The Labute approximate surface area is 120 Å². The molecule has 1 aromatic heterocycles. The average Bonchev–Trinajstić information content (AvgIpc) is 2.79. The smallest absolute Gasteiger partial charge is 0.223 e. The molecule has 0 aromatic carbocycles. The average molecular weight is 279 g/mol. The summed E-state index contributed by atoms with van der Waals surface area (Å²) in [4.78, 5) is 12.1. The van der Waals surface area contributed by atoms with Crippen molar-refractivity contribution in [3.05, 3.63) is 17.0 Å². The van der Waals surface area contributed by atoms with Crippen molar-refractivity contribution in [3.8, 4) is 0 Å². The van der Waals surface area contributed by atoms with Gasteiger partial charge in [0.25, 0.3) is 0 Å². The molecule has 0 atom stereocenters. The van der Waals surface area contributed by atoms with Gasteiger partial charge in [-0.3, -0.25) is 9.89 Å². The number of carbonyl (C=O) groups is 1. The van der Waals surface area contributed by atoms with Gasteiger partial charge in [0.2, 0.25) is 5.91 Å². The van der Waals surface area contributed by atoms with E-state index < -0.39 is 0 Å². The summed E-state index contributed by atoms with van der Waals surface area (Å²) < 4.78 is 5.33. The first kappa shape index (κ1) is 15.0. The Morgan fingerprint density at radius 1 is 1.35 bits per heavy atom. The molecule has 0 bridgehead atoms. The van der Waals surface area contributed by atoms with Crippen LogP contribution < -0.4 is 5.32 Å². The second-order valence-corrected chi connectivity index (χ2v) is 5.66. The highest BCUT2D eigenvalue weighted by molar-refractivity contribution is 5.78. The lowest BCUT2D eigenvalue weighted by Crippen LogP contribution is -2.35. The molecule has 20 heavy (non-hydrogen) atoms. The van der Waals surface area contributed by atoms with Gasteiger partial charge >= 0.3 is 0 Å². The first-order chi connectivity index (χ1) is 9.61. The third-order valence-electron chi connectivity index (χ3n) is 4.33. The van der Waals surface area contributed by atoms with E-state index in [1.54, 1.807) is 7.11 Å². The van der Waals surface area contributed by atoms with Crippen molar-refractivity contribution in [1.29, 1.82) is 0 Å². The summed E-state index contributed by atoms with van der Waals surface area (Å²) in [6, 6.07) is 0. The molecule has 5 nitrogen and oxygen atoms in total. The van der Waals surface area contributed by atoms with Gasteiger partial charge in [-0.15, -0.1) is 0 Å². The molecule has 1 fully saturated rings. The normalized spacial score (nSPS) is 22.8. The van der Waals surface area contributed by atoms with Gasteiger partial charge in [0.05, 0.1) is 11.8 Å². The van der Waals surface area contributed by atoms with Crippen LogP contribution in [0.5, 0.6) is 0 Å². The van der Waals surface area contributed by atoms with Crippen molar-refractivity contribution >= 4 is 5.91 Å². The molecule has 0 spiro atoms. The minimum atomic E-state index is 0.160. The molecule has 112 valence electrons. The van der Waals surface area contributed by atoms with Crippen LogP contribution in [0.4, 0.5) is 0 Å². The van der Waals surface area contributed by atoms with Crippen molar-refractivity contribution in [2.24, 2.45) is 5.92 Å². The molecule has 2 rings (SSSR count). The molecule has 0 unspecified atom stereocenters. The zero-order chi connectivity index (χ0) is 14.5. The zero-order valence-corrected chi connectivity index (χ0v) is 12.7. The van der Waals surface area contributed by atoms with Crippen LogP contribution in [0.2, 0.25) is 0 Å². The van der Waals surface area contributed by atoms with Crippen LogP contribution in [0, 0.1) is 19.8 Å². The Kier molecular flexibility index (Phi) is 5.17. The first-order valence-corrected chi connectivity index (χ1v) is 7.42. The van der Waals surface area contributed by atoms with Crippen molar-refractivity contribution in [1.82, 2.24) is 15.5 Å². The van der Waals surface area contributed by atoms with Crippen molar-refractivity contribution in [2.75, 3.05) is 13.7 Å². The Morgan fingerprint density at radius 2 is 2.05 bits per heavy atom. The number of methoxy groups -OCH3 is 1. The van der Waals surface area contributed by atoms with E-state index in [1.165, 1.54) is 5.56 Å². The molecule has 5 heteroatoms. The lowest BCUT2D eigenvalue weighted by molar-refractivity contribution is -0.126. The molecule has 0 radical (unpaired) electrons. The van der Waals surface area contributed by atoms with Gasteiger partial charge in [-0.25, -0.2) is 0 Å². The number of ether oxygens (including phenoxy) is 1. The highest BCUT2D eigenvalue weighted by Gasteiger charge is 2.25. The fourth-order valence-corrected chi connectivity index (χ4v) is 2.96. The van der Waals surface area contributed by atoms with Gasteiger partial charge in [0, 0.05) is 25.3 Å². The van der Waals surface area contributed by atoms with E-state index in [0.717, 1.165) is 43.5 Å². The largest absolute Gasteiger partial charge is 0.381 e. The number of nitrogens with one attached hydrogen (secondary N) is 2. The van der Waals surface area contributed by atoms with E-state index in [2.05, 4.69) is 15.5 Å². The lowest BCUT2D eigenvalue weighted by atomic mass is 9.87. The van der Waals surface area contributed by atoms with Crippen molar-refractivity contribution in [3.63, 3.8) is 0 Å². The van der Waals surface area contributed by atoms with E-state index >= 15 is 0 Å². The monoisotopic (exact) mass is 279 g/mol. The van der Waals surface area contributed by atoms with E-state index in [-0.39, 0.29) is 11.8 Å². The summed E-state index contributed by atoms with van der Waals surface area (Å²) in [5.41, 5.74) is 3.34. The van der Waals surface area contributed by atoms with Crippen LogP contribution in [-0.4, -0.2) is 35.9 Å². The van der Waals surface area contributed by atoms with Crippen LogP contribution in [0.1, 0.15) is 42.6 Å². The van der Waals surface area contributed by atoms with E-state index in [9.17, 15) is 4.79 Å². The maximum absolute atomic E-state index is 12.1. The third kappa shape index (κ3) is 3.60.